The molecule has 2 rings (SSSR count). The first-order chi connectivity index (χ1) is 8.59. The van der Waals surface area contributed by atoms with Crippen molar-refractivity contribution in [3.05, 3.63) is 59.7 Å². The minimum atomic E-state index is 0.133. The summed E-state index contributed by atoms with van der Waals surface area (Å²) in [6.45, 7) is 4.17. The number of aromatic hydroxyl groups is 1. The molecule has 0 bridgehead atoms. The number of phenols is 1. The van der Waals surface area contributed by atoms with Crippen molar-refractivity contribution >= 4 is 5.69 Å². The van der Waals surface area contributed by atoms with E-state index in [2.05, 4.69) is 43.0 Å². The van der Waals surface area contributed by atoms with Crippen molar-refractivity contribution < 1.29 is 5.11 Å². The molecule has 1 unspecified atom stereocenters. The van der Waals surface area contributed by atoms with Crippen molar-refractivity contribution in [3.63, 3.8) is 0 Å². The number of anilines is 1. The maximum atomic E-state index is 9.89. The molecule has 0 aromatic heterocycles. The van der Waals surface area contributed by atoms with Crippen LogP contribution in [0.3, 0.4) is 0 Å². The summed E-state index contributed by atoms with van der Waals surface area (Å²) < 4.78 is 0. The molecule has 2 aromatic carbocycles. The van der Waals surface area contributed by atoms with Crippen LogP contribution in [0.15, 0.2) is 48.5 Å². The Kier molecular flexibility index (Phi) is 3.56. The molecule has 0 spiro atoms. The van der Waals surface area contributed by atoms with Gasteiger partial charge in [-0.3, -0.25) is 0 Å². The van der Waals surface area contributed by atoms with Crippen LogP contribution in [0.2, 0.25) is 0 Å². The molecular weight excluding hydrogens is 222 g/mol. The number of nitrogens with zero attached hydrogens (tertiary/aromatic N) is 1. The molecule has 2 heteroatoms. The molecule has 2 nitrogen and oxygen atoms in total. The summed E-state index contributed by atoms with van der Waals surface area (Å²) >= 11 is 0. The van der Waals surface area contributed by atoms with E-state index in [9.17, 15) is 5.11 Å². The monoisotopic (exact) mass is 241 g/mol. The molecule has 0 amide bonds. The van der Waals surface area contributed by atoms with E-state index in [1.807, 2.05) is 25.2 Å². The summed E-state index contributed by atoms with van der Waals surface area (Å²) in [6, 6.07) is 16.0. The number of benzene rings is 2. The zero-order chi connectivity index (χ0) is 13.1. The maximum absolute atomic E-state index is 9.89. The lowest BCUT2D eigenvalue weighted by atomic mass is 10.1. The van der Waals surface area contributed by atoms with Crippen LogP contribution in [-0.4, -0.2) is 12.2 Å². The highest BCUT2D eigenvalue weighted by molar-refractivity contribution is 5.50. The van der Waals surface area contributed by atoms with E-state index in [1.165, 1.54) is 5.56 Å². The summed E-state index contributed by atoms with van der Waals surface area (Å²) in [5.41, 5.74) is 3.35. The predicted octanol–water partition coefficient (Wildman–Crippen LogP) is 3.90. The highest BCUT2D eigenvalue weighted by atomic mass is 16.3. The summed E-state index contributed by atoms with van der Waals surface area (Å²) in [6.07, 6.45) is 0. The smallest absolute Gasteiger partial charge is 0.120 e. The first kappa shape index (κ1) is 12.5. The van der Waals surface area contributed by atoms with Gasteiger partial charge < -0.3 is 10.0 Å². The van der Waals surface area contributed by atoms with Crippen LogP contribution in [0.1, 0.15) is 24.1 Å². The quantitative estimate of drug-likeness (QED) is 0.881. The molecule has 0 fully saturated rings. The minimum Gasteiger partial charge on any atom is -0.508 e. The molecule has 1 N–H and O–H groups in total. The molecule has 0 radical (unpaired) electrons. The third-order valence-corrected chi connectivity index (χ3v) is 3.41. The average molecular weight is 241 g/mol. The molecule has 0 aliphatic heterocycles. The number of aryl methyl sites for hydroxylation is 1. The Morgan fingerprint density at radius 1 is 1.00 bits per heavy atom. The molecule has 2 aromatic rings. The highest BCUT2D eigenvalue weighted by Gasteiger charge is 2.15. The molecule has 94 valence electrons. The van der Waals surface area contributed by atoms with E-state index in [0.717, 1.165) is 11.3 Å². The van der Waals surface area contributed by atoms with Crippen LogP contribution in [0.4, 0.5) is 5.69 Å². The van der Waals surface area contributed by atoms with Crippen LogP contribution in [0.5, 0.6) is 5.75 Å². The number of phenolic OH excluding ortho intramolecular Hbond substituents is 1. The predicted molar refractivity (Wildman–Crippen MR) is 76.1 cm³/mol. The lowest BCUT2D eigenvalue weighted by molar-refractivity contribution is 0.462. The van der Waals surface area contributed by atoms with E-state index in [0.29, 0.717) is 5.75 Å². The van der Waals surface area contributed by atoms with Gasteiger partial charge in [0.1, 0.15) is 5.75 Å². The second-order valence-corrected chi connectivity index (χ2v) is 4.68. The van der Waals surface area contributed by atoms with Gasteiger partial charge in [0.2, 0.25) is 0 Å². The molecule has 0 saturated carbocycles. The normalized spacial score (nSPS) is 12.2. The molecule has 0 saturated heterocycles. The van der Waals surface area contributed by atoms with E-state index >= 15 is 0 Å². The van der Waals surface area contributed by atoms with Gasteiger partial charge in [-0.15, -0.1) is 0 Å². The van der Waals surface area contributed by atoms with Gasteiger partial charge in [0.05, 0.1) is 6.04 Å². The fraction of sp³-hybridized carbons (Fsp3) is 0.250. The zero-order valence-corrected chi connectivity index (χ0v) is 11.1. The van der Waals surface area contributed by atoms with Crippen molar-refractivity contribution in [2.24, 2.45) is 0 Å². The molecule has 0 heterocycles. The van der Waals surface area contributed by atoms with Crippen molar-refractivity contribution in [2.45, 2.75) is 19.9 Å². The third-order valence-electron chi connectivity index (χ3n) is 3.41. The van der Waals surface area contributed by atoms with Gasteiger partial charge in [0.25, 0.3) is 0 Å². The van der Waals surface area contributed by atoms with Crippen LogP contribution >= 0.6 is 0 Å². The van der Waals surface area contributed by atoms with Crippen LogP contribution in [-0.2, 0) is 0 Å². The summed E-state index contributed by atoms with van der Waals surface area (Å²) in [5, 5.41) is 9.89. The second kappa shape index (κ2) is 5.13. The van der Waals surface area contributed by atoms with Crippen LogP contribution in [0.25, 0.3) is 0 Å². The van der Waals surface area contributed by atoms with Gasteiger partial charge in [-0.25, -0.2) is 0 Å². The fourth-order valence-electron chi connectivity index (χ4n) is 2.05. The topological polar surface area (TPSA) is 23.5 Å². The Hall–Kier alpha value is -1.96. The molecule has 18 heavy (non-hydrogen) atoms. The zero-order valence-electron chi connectivity index (χ0n) is 11.1. The standard InChI is InChI=1S/C16H19NO/c1-12-8-10-14(11-9-12)17(3)13(2)15-6-4-5-7-16(15)18/h4-11,13,18H,1-3H3. The van der Waals surface area contributed by atoms with Gasteiger partial charge >= 0.3 is 0 Å². The lowest BCUT2D eigenvalue weighted by Crippen LogP contribution is -2.21. The number of hydrogen-bond acceptors (Lipinski definition) is 2. The van der Waals surface area contributed by atoms with Crippen molar-refractivity contribution in [1.82, 2.24) is 0 Å². The highest BCUT2D eigenvalue weighted by Crippen LogP contribution is 2.30. The van der Waals surface area contributed by atoms with Gasteiger partial charge in [0, 0.05) is 18.3 Å². The third kappa shape index (κ3) is 2.48. The van der Waals surface area contributed by atoms with Gasteiger partial charge in [0.15, 0.2) is 0 Å². The van der Waals surface area contributed by atoms with Crippen molar-refractivity contribution in [3.8, 4) is 5.75 Å². The van der Waals surface area contributed by atoms with E-state index < -0.39 is 0 Å². The lowest BCUT2D eigenvalue weighted by Gasteiger charge is -2.28. The first-order valence-electron chi connectivity index (χ1n) is 6.17. The summed E-state index contributed by atoms with van der Waals surface area (Å²) in [4.78, 5) is 2.16. The summed E-state index contributed by atoms with van der Waals surface area (Å²) in [5.74, 6) is 0.351. The van der Waals surface area contributed by atoms with E-state index in [-0.39, 0.29) is 6.04 Å². The number of rotatable bonds is 3. The Morgan fingerprint density at radius 2 is 1.61 bits per heavy atom. The van der Waals surface area contributed by atoms with Gasteiger partial charge in [-0.2, -0.15) is 0 Å². The fourth-order valence-corrected chi connectivity index (χ4v) is 2.05. The summed E-state index contributed by atoms with van der Waals surface area (Å²) in [7, 11) is 2.04. The van der Waals surface area contributed by atoms with Gasteiger partial charge in [-0.1, -0.05) is 35.9 Å². The number of para-hydroxylation sites is 1. The number of hydrogen-bond donors (Lipinski definition) is 1. The Bertz CT molecular complexity index is 519. The molecule has 0 aliphatic carbocycles. The Labute approximate surface area is 109 Å². The molecule has 0 aliphatic rings. The largest absolute Gasteiger partial charge is 0.508 e. The van der Waals surface area contributed by atoms with Crippen molar-refractivity contribution in [2.75, 3.05) is 11.9 Å². The average Bonchev–Trinajstić information content (AvgIpc) is 2.38. The van der Waals surface area contributed by atoms with Crippen LogP contribution in [0, 0.1) is 6.92 Å². The maximum Gasteiger partial charge on any atom is 0.120 e. The Morgan fingerprint density at radius 3 is 2.22 bits per heavy atom. The SMILES string of the molecule is Cc1ccc(N(C)C(C)c2ccccc2O)cc1. The van der Waals surface area contributed by atoms with Crippen LogP contribution < -0.4 is 4.90 Å². The molecular formula is C16H19NO. The second-order valence-electron chi connectivity index (χ2n) is 4.68. The van der Waals surface area contributed by atoms with Gasteiger partial charge in [-0.05, 0) is 32.0 Å². The van der Waals surface area contributed by atoms with Crippen molar-refractivity contribution in [1.29, 1.82) is 0 Å². The van der Waals surface area contributed by atoms with E-state index in [1.54, 1.807) is 6.07 Å². The van der Waals surface area contributed by atoms with E-state index in [4.69, 9.17) is 0 Å². The molecule has 1 atom stereocenters. The first-order valence-corrected chi connectivity index (χ1v) is 6.17. The minimum absolute atomic E-state index is 0.133. The Balaban J connectivity index is 2.26.